The highest BCUT2D eigenvalue weighted by Gasteiger charge is 2.17. The molecule has 0 radical (unpaired) electrons. The molecule has 10 heteroatoms. The summed E-state index contributed by atoms with van der Waals surface area (Å²) in [6.45, 7) is -0.750. The van der Waals surface area contributed by atoms with E-state index in [1.807, 2.05) is 0 Å². The Morgan fingerprint density at radius 1 is 1.35 bits per heavy atom. The normalized spacial score (nSPS) is 9.60. The minimum atomic E-state index is -1.09. The minimum Gasteiger partial charge on any atom is -0.452 e. The predicted molar refractivity (Wildman–Crippen MR) is 65.5 cm³/mol. The quantitative estimate of drug-likeness (QED) is 0.290. The second-order valence-corrected chi connectivity index (χ2v) is 3.52. The van der Waals surface area contributed by atoms with Crippen LogP contribution in [0.5, 0.6) is 0 Å². The molecule has 0 aromatic heterocycles. The number of hydrogen-bond acceptors (Lipinski definition) is 7. The molecule has 5 N–H and O–H groups in total. The number of amides is 3. The molecule has 0 unspecified atom stereocenters. The van der Waals surface area contributed by atoms with Crippen LogP contribution in [0.3, 0.4) is 0 Å². The zero-order chi connectivity index (χ0) is 15.3. The molecule has 0 saturated heterocycles. The van der Waals surface area contributed by atoms with Gasteiger partial charge in [0.25, 0.3) is 11.6 Å². The van der Waals surface area contributed by atoms with Crippen LogP contribution < -0.4 is 16.8 Å². The average Bonchev–Trinajstić information content (AvgIpc) is 2.35. The van der Waals surface area contributed by atoms with E-state index in [1.165, 1.54) is 6.07 Å². The van der Waals surface area contributed by atoms with E-state index in [2.05, 4.69) is 10.5 Å². The van der Waals surface area contributed by atoms with E-state index >= 15 is 0 Å². The molecule has 0 aliphatic rings. The van der Waals surface area contributed by atoms with Gasteiger partial charge in [0.15, 0.2) is 6.61 Å². The fraction of sp³-hybridized carbons (Fsp3) is 0.100. The van der Waals surface area contributed by atoms with Gasteiger partial charge in [-0.15, -0.1) is 0 Å². The number of nitro benzene ring substituents is 1. The molecule has 0 bridgehead atoms. The third kappa shape index (κ3) is 3.94. The van der Waals surface area contributed by atoms with Crippen LogP contribution in [0.25, 0.3) is 0 Å². The molecular formula is C10H10N4O6. The van der Waals surface area contributed by atoms with E-state index in [0.717, 1.165) is 12.1 Å². The number of nitrogens with zero attached hydrogens (tertiary/aromatic N) is 1. The number of hydrogen-bond donors (Lipinski definition) is 3. The van der Waals surface area contributed by atoms with Crippen molar-refractivity contribution in [3.63, 3.8) is 0 Å². The number of esters is 1. The predicted octanol–water partition coefficient (Wildman–Crippen LogP) is -0.471. The third-order valence-electron chi connectivity index (χ3n) is 2.06. The van der Waals surface area contributed by atoms with Gasteiger partial charge in [-0.05, 0) is 12.1 Å². The Hall–Kier alpha value is -3.17. The number of benzene rings is 1. The topological polar surface area (TPSA) is 168 Å². The van der Waals surface area contributed by atoms with E-state index < -0.39 is 35.1 Å². The summed E-state index contributed by atoms with van der Waals surface area (Å²) >= 11 is 0. The molecule has 0 fully saturated rings. The van der Waals surface area contributed by atoms with Gasteiger partial charge in [-0.25, -0.2) is 9.59 Å². The third-order valence-corrected chi connectivity index (χ3v) is 2.06. The molecule has 20 heavy (non-hydrogen) atoms. The number of rotatable bonds is 4. The van der Waals surface area contributed by atoms with Gasteiger partial charge in [0.05, 0.1) is 10.5 Å². The number of carbonyl (C=O) groups excluding carboxylic acids is 3. The van der Waals surface area contributed by atoms with Crippen molar-refractivity contribution >= 4 is 29.3 Å². The lowest BCUT2D eigenvalue weighted by atomic mass is 10.2. The maximum Gasteiger partial charge on any atom is 0.338 e. The number of primary amides is 1. The summed E-state index contributed by atoms with van der Waals surface area (Å²) in [5, 5.41) is 12.3. The highest BCUT2D eigenvalue weighted by Crippen LogP contribution is 2.22. The molecule has 1 aromatic rings. The van der Waals surface area contributed by atoms with Crippen LogP contribution in [0.4, 0.5) is 16.2 Å². The summed E-state index contributed by atoms with van der Waals surface area (Å²) in [6, 6.07) is 2.20. The first-order valence-corrected chi connectivity index (χ1v) is 5.11. The van der Waals surface area contributed by atoms with E-state index in [1.54, 1.807) is 5.32 Å². The van der Waals surface area contributed by atoms with E-state index in [9.17, 15) is 24.5 Å². The Kier molecular flexibility index (Phi) is 4.56. The molecule has 0 aliphatic carbocycles. The Morgan fingerprint density at radius 3 is 2.55 bits per heavy atom. The Balaban J connectivity index is 2.73. The summed E-state index contributed by atoms with van der Waals surface area (Å²) in [5.41, 5.74) is 9.31. The molecule has 0 spiro atoms. The van der Waals surface area contributed by atoms with Crippen molar-refractivity contribution < 1.29 is 24.0 Å². The molecule has 3 amide bonds. The standard InChI is InChI=1S/C10H10N4O6/c11-6-2-1-5(3-7(6)14(18)19)9(16)20-4-8(15)13-10(12)17/h1-3H,4,11H2,(H3,12,13,15,17). The summed E-state index contributed by atoms with van der Waals surface area (Å²) in [5.74, 6) is -1.90. The molecule has 1 rings (SSSR count). The maximum absolute atomic E-state index is 11.5. The van der Waals surface area contributed by atoms with E-state index in [0.29, 0.717) is 0 Å². The molecule has 0 saturated carbocycles. The molecule has 10 nitrogen and oxygen atoms in total. The molecular weight excluding hydrogens is 272 g/mol. The van der Waals surface area contributed by atoms with Crippen molar-refractivity contribution in [1.82, 2.24) is 5.32 Å². The van der Waals surface area contributed by atoms with Crippen LogP contribution in [0.15, 0.2) is 18.2 Å². The molecule has 106 valence electrons. The fourth-order valence-electron chi connectivity index (χ4n) is 1.22. The van der Waals surface area contributed by atoms with Gasteiger partial charge in [-0.3, -0.25) is 20.2 Å². The Bertz CT molecular complexity index is 585. The summed E-state index contributed by atoms with van der Waals surface area (Å²) in [6.07, 6.45) is 0. The number of nitrogens with two attached hydrogens (primary N) is 2. The van der Waals surface area contributed by atoms with Crippen molar-refractivity contribution in [2.24, 2.45) is 5.73 Å². The number of nitrogen functional groups attached to an aromatic ring is 1. The van der Waals surface area contributed by atoms with E-state index in [-0.39, 0.29) is 11.3 Å². The molecule has 0 heterocycles. The molecule has 1 aromatic carbocycles. The smallest absolute Gasteiger partial charge is 0.338 e. The monoisotopic (exact) mass is 282 g/mol. The van der Waals surface area contributed by atoms with Gasteiger partial charge in [0.1, 0.15) is 5.69 Å². The van der Waals surface area contributed by atoms with Crippen molar-refractivity contribution in [1.29, 1.82) is 0 Å². The largest absolute Gasteiger partial charge is 0.452 e. The summed E-state index contributed by atoms with van der Waals surface area (Å²) < 4.78 is 4.54. The first-order chi connectivity index (χ1) is 9.31. The van der Waals surface area contributed by atoms with Gasteiger partial charge in [-0.1, -0.05) is 0 Å². The molecule has 0 atom stereocenters. The first-order valence-electron chi connectivity index (χ1n) is 5.11. The highest BCUT2D eigenvalue weighted by molar-refractivity contribution is 5.96. The summed E-state index contributed by atoms with van der Waals surface area (Å²) in [7, 11) is 0. The van der Waals surface area contributed by atoms with Crippen molar-refractivity contribution in [2.75, 3.05) is 12.3 Å². The maximum atomic E-state index is 11.5. The number of urea groups is 1. The highest BCUT2D eigenvalue weighted by atomic mass is 16.6. The number of carbonyl (C=O) groups is 3. The zero-order valence-electron chi connectivity index (χ0n) is 9.99. The minimum absolute atomic E-state index is 0.113. The number of nitro groups is 1. The van der Waals surface area contributed by atoms with E-state index in [4.69, 9.17) is 5.73 Å². The van der Waals surface area contributed by atoms with Gasteiger partial charge in [0, 0.05) is 6.07 Å². The zero-order valence-corrected chi connectivity index (χ0v) is 9.99. The SMILES string of the molecule is NC(=O)NC(=O)COC(=O)c1ccc(N)c([N+](=O)[O-])c1. The molecule has 0 aliphatic heterocycles. The van der Waals surface area contributed by atoms with Crippen LogP contribution in [-0.2, 0) is 9.53 Å². The Labute approximate surface area is 111 Å². The number of imide groups is 1. The van der Waals surface area contributed by atoms with Crippen molar-refractivity contribution in [3.8, 4) is 0 Å². The second-order valence-electron chi connectivity index (χ2n) is 3.52. The Morgan fingerprint density at radius 2 is 2.00 bits per heavy atom. The van der Waals surface area contributed by atoms with Crippen LogP contribution >= 0.6 is 0 Å². The van der Waals surface area contributed by atoms with Crippen molar-refractivity contribution in [2.45, 2.75) is 0 Å². The lowest BCUT2D eigenvalue weighted by Crippen LogP contribution is -2.37. The fourth-order valence-corrected chi connectivity index (χ4v) is 1.22. The van der Waals surface area contributed by atoms with Crippen LogP contribution in [0, 0.1) is 10.1 Å². The second kappa shape index (κ2) is 6.13. The lowest BCUT2D eigenvalue weighted by molar-refractivity contribution is -0.383. The van der Waals surface area contributed by atoms with Crippen LogP contribution in [0.2, 0.25) is 0 Å². The number of ether oxygens (including phenoxy) is 1. The first kappa shape index (κ1) is 14.9. The number of anilines is 1. The van der Waals surface area contributed by atoms with Crippen LogP contribution in [-0.4, -0.2) is 29.4 Å². The lowest BCUT2D eigenvalue weighted by Gasteiger charge is -2.05. The van der Waals surface area contributed by atoms with Gasteiger partial charge in [-0.2, -0.15) is 0 Å². The van der Waals surface area contributed by atoms with Gasteiger partial charge >= 0.3 is 12.0 Å². The van der Waals surface area contributed by atoms with Gasteiger partial charge in [0.2, 0.25) is 0 Å². The average molecular weight is 282 g/mol. The summed E-state index contributed by atoms with van der Waals surface area (Å²) in [4.78, 5) is 42.8. The van der Waals surface area contributed by atoms with Gasteiger partial charge < -0.3 is 16.2 Å². The number of nitrogens with one attached hydrogen (secondary N) is 1. The van der Waals surface area contributed by atoms with Crippen molar-refractivity contribution in [3.05, 3.63) is 33.9 Å². The van der Waals surface area contributed by atoms with Crippen LogP contribution in [0.1, 0.15) is 10.4 Å².